The van der Waals surface area contributed by atoms with Crippen LogP contribution in [0, 0.1) is 12.3 Å². The standard InChI is InChI=1S/C23H23N5O10S3/c1-12-2-4-13(5-3-12)41(35,36)38-7-6-23(21(33)34)10-28-19(32)17(20(28)40-11-23)26-18(31)16(27-37-8-15(29)30)14-9-39-22(24)25-14/h2-7,9,17,20H,8,10-11H2,1H3,(H2,24,25)(H,26,31)(H,29,30)(H,33,34)/t17?,20-,23?/m1/s1. The number of hydrogen-bond acceptors (Lipinski definition) is 13. The molecule has 0 saturated carbocycles. The molecule has 2 aliphatic heterocycles. The molecule has 218 valence electrons. The van der Waals surface area contributed by atoms with Gasteiger partial charge in [-0.3, -0.25) is 14.4 Å². The van der Waals surface area contributed by atoms with Crippen molar-refractivity contribution < 1.29 is 46.8 Å². The van der Waals surface area contributed by atoms with Gasteiger partial charge in [0.2, 0.25) is 12.5 Å². The predicted octanol–water partition coefficient (Wildman–Crippen LogP) is 0.229. The number of fused-ring (bicyclic) bond motifs is 1. The van der Waals surface area contributed by atoms with E-state index in [0.29, 0.717) is 0 Å². The van der Waals surface area contributed by atoms with Gasteiger partial charge in [0.05, 0.1) is 0 Å². The van der Waals surface area contributed by atoms with E-state index < -0.39 is 63.0 Å². The van der Waals surface area contributed by atoms with Crippen molar-refractivity contribution in [2.45, 2.75) is 23.2 Å². The Morgan fingerprint density at radius 3 is 2.61 bits per heavy atom. The minimum absolute atomic E-state index is 0.00550. The number of β-lactam (4-membered cyclic amide) rings is 1. The Labute approximate surface area is 241 Å². The molecule has 2 aliphatic rings. The van der Waals surface area contributed by atoms with Crippen LogP contribution in [0.3, 0.4) is 0 Å². The maximum absolute atomic E-state index is 13.0. The van der Waals surface area contributed by atoms with Gasteiger partial charge in [-0.05, 0) is 25.1 Å². The Kier molecular flexibility index (Phi) is 8.55. The fourth-order valence-corrected chi connectivity index (χ4v) is 6.69. The highest BCUT2D eigenvalue weighted by Crippen LogP contribution is 2.43. The summed E-state index contributed by atoms with van der Waals surface area (Å²) >= 11 is 2.06. The monoisotopic (exact) mass is 625 g/mol. The van der Waals surface area contributed by atoms with Gasteiger partial charge in [-0.1, -0.05) is 22.9 Å². The van der Waals surface area contributed by atoms with Gasteiger partial charge in [0.25, 0.3) is 5.91 Å². The number of benzene rings is 1. The molecule has 41 heavy (non-hydrogen) atoms. The van der Waals surface area contributed by atoms with E-state index in [2.05, 4.69) is 20.3 Å². The number of oxime groups is 1. The summed E-state index contributed by atoms with van der Waals surface area (Å²) in [5, 5.41) is 25.6. The van der Waals surface area contributed by atoms with E-state index in [0.717, 1.165) is 41.0 Å². The summed E-state index contributed by atoms with van der Waals surface area (Å²) in [7, 11) is -4.20. The number of carbonyl (C=O) groups excluding carboxylic acids is 2. The van der Waals surface area contributed by atoms with Gasteiger partial charge >= 0.3 is 22.1 Å². The predicted molar refractivity (Wildman–Crippen MR) is 145 cm³/mol. The van der Waals surface area contributed by atoms with Crippen molar-refractivity contribution in [1.82, 2.24) is 15.2 Å². The number of carboxylic acid groups (broad SMARTS) is 2. The maximum atomic E-state index is 13.0. The Morgan fingerprint density at radius 1 is 1.29 bits per heavy atom. The van der Waals surface area contributed by atoms with Crippen molar-refractivity contribution in [2.75, 3.05) is 24.6 Å². The zero-order chi connectivity index (χ0) is 29.9. The van der Waals surface area contributed by atoms with Crippen LogP contribution in [0.1, 0.15) is 11.3 Å². The lowest BCUT2D eigenvalue weighted by atomic mass is 9.87. The number of rotatable bonds is 11. The third-order valence-corrected chi connectivity index (χ3v) is 9.46. The molecule has 2 fully saturated rings. The summed E-state index contributed by atoms with van der Waals surface area (Å²) in [6.45, 7) is 0.655. The van der Waals surface area contributed by atoms with Crippen LogP contribution in [-0.2, 0) is 38.3 Å². The number of nitrogens with two attached hydrogens (primary N) is 1. The molecule has 3 heterocycles. The van der Waals surface area contributed by atoms with Gasteiger partial charge in [0.1, 0.15) is 33.7 Å². The number of carbonyl (C=O) groups is 4. The molecule has 2 aromatic rings. The van der Waals surface area contributed by atoms with Crippen LogP contribution in [0.15, 0.2) is 52.0 Å². The molecule has 1 aromatic heterocycles. The average Bonchev–Trinajstić information content (AvgIpc) is 3.35. The molecule has 18 heteroatoms. The number of carboxylic acids is 2. The molecule has 0 radical (unpaired) electrons. The maximum Gasteiger partial charge on any atom is 0.344 e. The van der Waals surface area contributed by atoms with E-state index in [-0.39, 0.29) is 28.0 Å². The highest BCUT2D eigenvalue weighted by atomic mass is 32.2. The summed E-state index contributed by atoms with van der Waals surface area (Å²) in [6, 6.07) is 4.84. The van der Waals surface area contributed by atoms with Crippen LogP contribution in [-0.4, -0.2) is 88.3 Å². The van der Waals surface area contributed by atoms with E-state index in [1.165, 1.54) is 22.4 Å². The van der Waals surface area contributed by atoms with Crippen molar-refractivity contribution in [2.24, 2.45) is 10.6 Å². The second kappa shape index (κ2) is 11.8. The highest BCUT2D eigenvalue weighted by Gasteiger charge is 2.57. The first-order valence-electron chi connectivity index (χ1n) is 11.6. The Morgan fingerprint density at radius 2 is 2.00 bits per heavy atom. The van der Waals surface area contributed by atoms with Gasteiger partial charge in [-0.2, -0.15) is 8.42 Å². The van der Waals surface area contributed by atoms with Crippen LogP contribution in [0.5, 0.6) is 0 Å². The number of nitrogens with zero attached hydrogens (tertiary/aromatic N) is 3. The van der Waals surface area contributed by atoms with Crippen molar-refractivity contribution in [3.63, 3.8) is 0 Å². The number of aromatic nitrogens is 1. The van der Waals surface area contributed by atoms with Crippen LogP contribution in [0.4, 0.5) is 5.13 Å². The number of thioether (sulfide) groups is 1. The minimum Gasteiger partial charge on any atom is -0.481 e. The molecule has 0 bridgehead atoms. The van der Waals surface area contributed by atoms with Crippen LogP contribution in [0.25, 0.3) is 0 Å². The molecule has 2 unspecified atom stereocenters. The molecular formula is C23H23N5O10S3. The summed E-state index contributed by atoms with van der Waals surface area (Å²) < 4.78 is 29.8. The topological polar surface area (TPSA) is 228 Å². The largest absolute Gasteiger partial charge is 0.481 e. The second-order valence-electron chi connectivity index (χ2n) is 8.92. The molecule has 3 atom stereocenters. The number of nitrogens with one attached hydrogen (secondary N) is 1. The normalized spacial score (nSPS) is 22.5. The molecule has 15 nitrogen and oxygen atoms in total. The van der Waals surface area contributed by atoms with Crippen molar-refractivity contribution in [3.8, 4) is 0 Å². The second-order valence-corrected chi connectivity index (χ2v) is 12.5. The van der Waals surface area contributed by atoms with Crippen molar-refractivity contribution in [1.29, 1.82) is 0 Å². The number of thiazole rings is 1. The summed E-state index contributed by atoms with van der Waals surface area (Å²) in [5.41, 5.74) is 4.39. The lowest BCUT2D eigenvalue weighted by Gasteiger charge is -2.53. The zero-order valence-electron chi connectivity index (χ0n) is 21.1. The molecule has 5 N–H and O–H groups in total. The summed E-state index contributed by atoms with van der Waals surface area (Å²) in [5.74, 6) is -4.18. The number of nitrogen functional groups attached to an aromatic ring is 1. The molecule has 0 spiro atoms. The van der Waals surface area contributed by atoms with E-state index in [1.54, 1.807) is 19.1 Å². The molecule has 1 aromatic carbocycles. The minimum atomic E-state index is -4.20. The number of aliphatic carboxylic acids is 2. The van der Waals surface area contributed by atoms with Gasteiger partial charge in [0.15, 0.2) is 10.8 Å². The average molecular weight is 626 g/mol. The Hall–Kier alpha value is -4.16. The van der Waals surface area contributed by atoms with E-state index in [1.807, 2.05) is 0 Å². The molecule has 0 aliphatic carbocycles. The third kappa shape index (κ3) is 6.44. The number of amides is 2. The number of aryl methyl sites for hydroxylation is 1. The SMILES string of the molecule is Cc1ccc(S(=O)(=O)OC=CC2(C(=O)O)CS[C@@H]3C(NC(=O)C(=NOCC(=O)O)c4csc(N)n4)C(=O)N3C2)cc1. The Balaban J connectivity index is 1.44. The van der Waals surface area contributed by atoms with E-state index in [9.17, 15) is 32.7 Å². The number of anilines is 1. The van der Waals surface area contributed by atoms with Crippen LogP contribution in [0.2, 0.25) is 0 Å². The molecule has 2 saturated heterocycles. The van der Waals surface area contributed by atoms with Gasteiger partial charge in [-0.25, -0.2) is 9.78 Å². The molecule has 2 amide bonds. The van der Waals surface area contributed by atoms with Gasteiger partial charge in [-0.15, -0.1) is 23.1 Å². The summed E-state index contributed by atoms with van der Waals surface area (Å²) in [4.78, 5) is 58.6. The van der Waals surface area contributed by atoms with Crippen LogP contribution >= 0.6 is 23.1 Å². The lowest BCUT2D eigenvalue weighted by molar-refractivity contribution is -0.156. The Bertz CT molecular complexity index is 1540. The quantitative estimate of drug-likeness (QED) is 0.0863. The zero-order valence-corrected chi connectivity index (χ0v) is 23.6. The first-order valence-corrected chi connectivity index (χ1v) is 14.9. The van der Waals surface area contributed by atoms with Crippen LogP contribution < -0.4 is 11.1 Å². The van der Waals surface area contributed by atoms with Crippen molar-refractivity contribution >= 4 is 67.8 Å². The fourth-order valence-electron chi connectivity index (χ4n) is 3.85. The van der Waals surface area contributed by atoms with Gasteiger partial charge in [0, 0.05) is 17.7 Å². The van der Waals surface area contributed by atoms with Gasteiger partial charge < -0.3 is 35.2 Å². The smallest absolute Gasteiger partial charge is 0.344 e. The first kappa shape index (κ1) is 29.8. The van der Waals surface area contributed by atoms with Crippen molar-refractivity contribution in [3.05, 3.63) is 53.2 Å². The highest BCUT2D eigenvalue weighted by molar-refractivity contribution is 8.00. The van der Waals surface area contributed by atoms with E-state index in [4.69, 9.17) is 15.0 Å². The third-order valence-electron chi connectivity index (χ3n) is 6.02. The summed E-state index contributed by atoms with van der Waals surface area (Å²) in [6.07, 6.45) is 1.87. The fraction of sp³-hybridized carbons (Fsp3) is 0.304. The molecule has 4 rings (SSSR count). The van der Waals surface area contributed by atoms with E-state index >= 15 is 0 Å². The lowest BCUT2D eigenvalue weighted by Crippen LogP contribution is -2.73. The first-order chi connectivity index (χ1) is 19.3. The molecular weight excluding hydrogens is 602 g/mol. The number of hydrogen-bond donors (Lipinski definition) is 4.